The first-order valence-corrected chi connectivity index (χ1v) is 10.0. The average molecular weight is 471 g/mol. The van der Waals surface area contributed by atoms with Gasteiger partial charge in [0.1, 0.15) is 17.2 Å². The number of anilines is 1. The number of pyridine rings is 1. The number of hydrogen-bond donors (Lipinski definition) is 2. The molecule has 4 aromatic rings. The Bertz CT molecular complexity index is 1270. The third-order valence-electron chi connectivity index (χ3n) is 4.35. The zero-order valence-corrected chi connectivity index (χ0v) is 18.2. The van der Waals surface area contributed by atoms with E-state index in [2.05, 4.69) is 31.0 Å². The van der Waals surface area contributed by atoms with Gasteiger partial charge < -0.3 is 9.47 Å². The first kappa shape index (κ1) is 21.5. The molecule has 0 unspecified atom stereocenters. The number of benzene rings is 2. The zero-order chi connectivity index (χ0) is 22.5. The number of rotatable bonds is 7. The highest BCUT2D eigenvalue weighted by atomic mass is 35.5. The molecule has 1 amide bonds. The molecule has 9 nitrogen and oxygen atoms in total. The fraction of sp³-hybridized carbons (Fsp3) is 0.0952. The van der Waals surface area contributed by atoms with Gasteiger partial charge in [-0.2, -0.15) is 0 Å². The molecule has 11 heteroatoms. The molecule has 0 saturated carbocycles. The van der Waals surface area contributed by atoms with Crippen LogP contribution in [-0.2, 0) is 4.79 Å². The van der Waals surface area contributed by atoms with Gasteiger partial charge in [0, 0.05) is 28.2 Å². The first-order chi connectivity index (χ1) is 15.5. The molecule has 0 spiro atoms. The summed E-state index contributed by atoms with van der Waals surface area (Å²) >= 11 is 12.1. The minimum atomic E-state index is -0.433. The number of nitrogens with one attached hydrogen (secondary N) is 2. The summed E-state index contributed by atoms with van der Waals surface area (Å²) in [6, 6.07) is 12.1. The number of carbonyl (C=O) groups excluding carboxylic acids is 1. The van der Waals surface area contributed by atoms with Gasteiger partial charge in [-0.1, -0.05) is 23.2 Å². The molecule has 2 N–H and O–H groups in total. The topological polar surface area (TPSA) is 111 Å². The van der Waals surface area contributed by atoms with Crippen LogP contribution in [-0.4, -0.2) is 39.8 Å². The van der Waals surface area contributed by atoms with Crippen LogP contribution in [0.2, 0.25) is 10.0 Å². The molecule has 0 saturated heterocycles. The zero-order valence-electron chi connectivity index (χ0n) is 16.7. The van der Waals surface area contributed by atoms with Gasteiger partial charge in [-0.3, -0.25) is 20.6 Å². The van der Waals surface area contributed by atoms with Crippen molar-refractivity contribution in [1.82, 2.24) is 25.6 Å². The predicted molar refractivity (Wildman–Crippen MR) is 121 cm³/mol. The molecule has 162 valence electrons. The van der Waals surface area contributed by atoms with Gasteiger partial charge >= 0.3 is 0 Å². The van der Waals surface area contributed by atoms with Crippen LogP contribution in [0.25, 0.3) is 22.2 Å². The van der Waals surface area contributed by atoms with Gasteiger partial charge in [0.25, 0.3) is 11.9 Å². The Balaban J connectivity index is 1.34. The van der Waals surface area contributed by atoms with E-state index in [9.17, 15) is 4.79 Å². The number of hydrazine groups is 1. The van der Waals surface area contributed by atoms with E-state index in [-0.39, 0.29) is 12.6 Å². The second-order valence-corrected chi connectivity index (χ2v) is 7.29. The van der Waals surface area contributed by atoms with Crippen molar-refractivity contribution in [3.63, 3.8) is 0 Å². The number of halogens is 2. The molecule has 32 heavy (non-hydrogen) atoms. The Hall–Kier alpha value is -3.69. The molecule has 0 atom stereocenters. The molecule has 2 aromatic heterocycles. The average Bonchev–Trinajstić information content (AvgIpc) is 2.81. The third-order valence-corrected chi connectivity index (χ3v) is 4.90. The monoisotopic (exact) mass is 470 g/mol. The molecule has 0 fully saturated rings. The van der Waals surface area contributed by atoms with Gasteiger partial charge in [0.2, 0.25) is 0 Å². The van der Waals surface area contributed by atoms with E-state index in [0.717, 1.165) is 5.39 Å². The van der Waals surface area contributed by atoms with Crippen LogP contribution < -0.4 is 20.3 Å². The molecule has 0 bridgehead atoms. The van der Waals surface area contributed by atoms with Crippen LogP contribution in [0.5, 0.6) is 11.5 Å². The molecular weight excluding hydrogens is 455 g/mol. The van der Waals surface area contributed by atoms with Crippen LogP contribution in [0.1, 0.15) is 0 Å². The van der Waals surface area contributed by atoms with Crippen LogP contribution in [0.4, 0.5) is 5.95 Å². The van der Waals surface area contributed by atoms with E-state index in [4.69, 9.17) is 32.7 Å². The predicted octanol–water partition coefficient (Wildman–Crippen LogP) is 3.92. The van der Waals surface area contributed by atoms with Crippen LogP contribution in [0.3, 0.4) is 0 Å². The number of methoxy groups -OCH3 is 1. The summed E-state index contributed by atoms with van der Waals surface area (Å²) in [5, 5.41) is 9.69. The lowest BCUT2D eigenvalue weighted by atomic mass is 10.2. The lowest BCUT2D eigenvalue weighted by Gasteiger charge is -2.10. The van der Waals surface area contributed by atoms with Crippen molar-refractivity contribution in [1.29, 1.82) is 0 Å². The Morgan fingerprint density at radius 1 is 1.06 bits per heavy atom. The van der Waals surface area contributed by atoms with E-state index in [1.54, 1.807) is 49.7 Å². The second kappa shape index (κ2) is 9.63. The van der Waals surface area contributed by atoms with E-state index in [0.29, 0.717) is 38.3 Å². The molecule has 4 rings (SSSR count). The summed E-state index contributed by atoms with van der Waals surface area (Å²) in [5.74, 6) is 0.877. The van der Waals surface area contributed by atoms with Crippen LogP contribution in [0.15, 0.2) is 54.9 Å². The minimum Gasteiger partial charge on any atom is -0.497 e. The summed E-state index contributed by atoms with van der Waals surface area (Å²) in [4.78, 5) is 20.5. The van der Waals surface area contributed by atoms with Crippen molar-refractivity contribution >= 4 is 46.0 Å². The van der Waals surface area contributed by atoms with Crippen molar-refractivity contribution in [3.05, 3.63) is 64.9 Å². The number of amides is 1. The van der Waals surface area contributed by atoms with E-state index >= 15 is 0 Å². The maximum Gasteiger partial charge on any atom is 0.276 e. The van der Waals surface area contributed by atoms with Gasteiger partial charge in [-0.15, -0.1) is 10.2 Å². The molecule has 0 aliphatic carbocycles. The minimum absolute atomic E-state index is 0.105. The summed E-state index contributed by atoms with van der Waals surface area (Å²) in [5.41, 5.74) is 6.85. The number of ether oxygens (including phenoxy) is 2. The standard InChI is InChI=1S/C21H16Cl2N6O3/c1-31-13-3-5-15-17(9-13)24-7-6-19(15)32-11-20(30)27-29-21-25-10-18(26-28-21)14-4-2-12(22)8-16(14)23/h2-10H,11H2,1H3,(H,27,30)(H,25,28,29). The fourth-order valence-electron chi connectivity index (χ4n) is 2.81. The lowest BCUT2D eigenvalue weighted by Crippen LogP contribution is -2.34. The molecule has 2 aromatic carbocycles. The van der Waals surface area contributed by atoms with Crippen molar-refractivity contribution in [3.8, 4) is 22.8 Å². The lowest BCUT2D eigenvalue weighted by molar-refractivity contribution is -0.122. The second-order valence-electron chi connectivity index (χ2n) is 6.45. The molecule has 2 heterocycles. The molecule has 0 aliphatic rings. The first-order valence-electron chi connectivity index (χ1n) is 9.29. The number of carbonyl (C=O) groups is 1. The summed E-state index contributed by atoms with van der Waals surface area (Å²) in [6.07, 6.45) is 3.08. The number of fused-ring (bicyclic) bond motifs is 1. The van der Waals surface area contributed by atoms with Gasteiger partial charge in [0.05, 0.1) is 23.8 Å². The molecular formula is C21H16Cl2N6O3. The van der Waals surface area contributed by atoms with Crippen molar-refractivity contribution < 1.29 is 14.3 Å². The summed E-state index contributed by atoms with van der Waals surface area (Å²) < 4.78 is 10.8. The van der Waals surface area contributed by atoms with Gasteiger partial charge in [0.15, 0.2) is 6.61 Å². The highest BCUT2D eigenvalue weighted by Crippen LogP contribution is 2.29. The highest BCUT2D eigenvalue weighted by molar-refractivity contribution is 6.36. The summed E-state index contributed by atoms with van der Waals surface area (Å²) in [7, 11) is 1.58. The van der Waals surface area contributed by atoms with E-state index in [1.165, 1.54) is 6.20 Å². The maximum atomic E-state index is 12.2. The SMILES string of the molecule is COc1ccc2c(OCC(=O)NNc3ncc(-c4ccc(Cl)cc4Cl)nn3)ccnc2c1. The quantitative estimate of drug-likeness (QED) is 0.390. The molecule has 0 aliphatic heterocycles. The fourth-order valence-corrected chi connectivity index (χ4v) is 3.32. The van der Waals surface area contributed by atoms with Gasteiger partial charge in [-0.25, -0.2) is 4.98 Å². The smallest absolute Gasteiger partial charge is 0.276 e. The highest BCUT2D eigenvalue weighted by Gasteiger charge is 2.10. The summed E-state index contributed by atoms with van der Waals surface area (Å²) in [6.45, 7) is -0.232. The van der Waals surface area contributed by atoms with Crippen molar-refractivity contribution in [2.24, 2.45) is 0 Å². The largest absolute Gasteiger partial charge is 0.497 e. The van der Waals surface area contributed by atoms with Crippen LogP contribution in [0, 0.1) is 0 Å². The Labute approximate surface area is 192 Å². The number of nitrogens with zero attached hydrogens (tertiary/aromatic N) is 4. The Morgan fingerprint density at radius 3 is 2.69 bits per heavy atom. The normalized spacial score (nSPS) is 10.6. The van der Waals surface area contributed by atoms with E-state index in [1.807, 2.05) is 6.07 Å². The Morgan fingerprint density at radius 2 is 1.94 bits per heavy atom. The van der Waals surface area contributed by atoms with E-state index < -0.39 is 5.91 Å². The Kier molecular flexibility index (Phi) is 6.48. The van der Waals surface area contributed by atoms with Crippen molar-refractivity contribution in [2.75, 3.05) is 19.1 Å². The van der Waals surface area contributed by atoms with Crippen LogP contribution >= 0.6 is 23.2 Å². The maximum absolute atomic E-state index is 12.2. The number of aromatic nitrogens is 4. The third kappa shape index (κ3) is 4.96. The van der Waals surface area contributed by atoms with Gasteiger partial charge in [-0.05, 0) is 36.4 Å². The molecule has 0 radical (unpaired) electrons. The number of hydrogen-bond acceptors (Lipinski definition) is 8. The van der Waals surface area contributed by atoms with Crippen molar-refractivity contribution in [2.45, 2.75) is 0 Å².